The summed E-state index contributed by atoms with van der Waals surface area (Å²) in [7, 11) is 0. The van der Waals surface area contributed by atoms with Crippen LogP contribution in [0.3, 0.4) is 0 Å². The van der Waals surface area contributed by atoms with Gasteiger partial charge in [-0.15, -0.1) is 11.3 Å². The van der Waals surface area contributed by atoms with E-state index in [2.05, 4.69) is 15.6 Å². The summed E-state index contributed by atoms with van der Waals surface area (Å²) >= 11 is 1.24. The quantitative estimate of drug-likeness (QED) is 0.576. The fourth-order valence-corrected chi connectivity index (χ4v) is 3.56. The zero-order valence-electron chi connectivity index (χ0n) is 16.1. The number of thiazole rings is 1. The lowest BCUT2D eigenvalue weighted by Crippen LogP contribution is -2.13. The number of aryl methyl sites for hydroxylation is 1. The van der Waals surface area contributed by atoms with Crippen LogP contribution >= 0.6 is 11.3 Å². The molecule has 3 aromatic rings. The highest BCUT2D eigenvalue weighted by Gasteiger charge is 2.29. The molecule has 0 unspecified atom stereocenters. The molecule has 2 amide bonds. The van der Waals surface area contributed by atoms with Gasteiger partial charge in [-0.1, -0.05) is 18.2 Å². The minimum atomic E-state index is -4.36. The number of carbonyl (C=O) groups excluding carboxylic acids is 2. The number of nitrogens with zero attached hydrogens (tertiary/aromatic N) is 1. The summed E-state index contributed by atoms with van der Waals surface area (Å²) in [4.78, 5) is 28.7. The summed E-state index contributed by atoms with van der Waals surface area (Å²) in [6, 6.07) is 9.91. The monoisotopic (exact) mass is 433 g/mol. The molecule has 0 saturated heterocycles. The molecule has 0 bridgehead atoms. The first-order chi connectivity index (χ1) is 14.1. The van der Waals surface area contributed by atoms with Gasteiger partial charge in [0.1, 0.15) is 0 Å². The molecule has 0 atom stereocenters. The van der Waals surface area contributed by atoms with Crippen molar-refractivity contribution in [3.05, 3.63) is 75.8 Å². The van der Waals surface area contributed by atoms with Crippen molar-refractivity contribution in [3.63, 3.8) is 0 Å². The van der Waals surface area contributed by atoms with Gasteiger partial charge in [0.15, 0.2) is 5.13 Å². The van der Waals surface area contributed by atoms with E-state index in [1.54, 1.807) is 24.4 Å². The molecule has 1 aromatic heterocycles. The van der Waals surface area contributed by atoms with Crippen molar-refractivity contribution in [1.29, 1.82) is 0 Å². The first kappa shape index (κ1) is 21.5. The molecule has 5 nitrogen and oxygen atoms in total. The third kappa shape index (κ3) is 5.44. The average Bonchev–Trinajstić information content (AvgIpc) is 3.09. The number of hydrogen-bond acceptors (Lipinski definition) is 4. The van der Waals surface area contributed by atoms with Crippen LogP contribution in [0, 0.1) is 6.92 Å². The van der Waals surface area contributed by atoms with E-state index in [9.17, 15) is 22.8 Å². The Morgan fingerprint density at radius 3 is 2.40 bits per heavy atom. The van der Waals surface area contributed by atoms with Crippen LogP contribution in [0.25, 0.3) is 0 Å². The van der Waals surface area contributed by atoms with Gasteiger partial charge in [0.25, 0.3) is 5.91 Å². The van der Waals surface area contributed by atoms with Gasteiger partial charge < -0.3 is 5.32 Å². The number of benzene rings is 2. The summed E-state index contributed by atoms with van der Waals surface area (Å²) in [6.45, 7) is 3.21. The van der Waals surface area contributed by atoms with Gasteiger partial charge in [-0.2, -0.15) is 13.2 Å². The molecule has 1 heterocycles. The van der Waals surface area contributed by atoms with Crippen LogP contribution in [0.4, 0.5) is 24.0 Å². The van der Waals surface area contributed by atoms with Crippen molar-refractivity contribution < 1.29 is 22.8 Å². The maximum atomic E-state index is 12.7. The van der Waals surface area contributed by atoms with Crippen LogP contribution in [-0.2, 0) is 17.4 Å². The Morgan fingerprint density at radius 2 is 1.77 bits per heavy atom. The summed E-state index contributed by atoms with van der Waals surface area (Å²) in [5.74, 6) is -0.611. The van der Waals surface area contributed by atoms with E-state index in [-0.39, 0.29) is 11.8 Å². The summed E-state index contributed by atoms with van der Waals surface area (Å²) in [5, 5.41) is 5.75. The standard InChI is InChI=1S/C21H18F3N3O2S/c1-12-3-6-15(10-18(12)26-13(2)28)19(29)27-20-25-11-17(30-20)9-14-4-7-16(8-5-14)21(22,23)24/h3-8,10-11H,9H2,1-2H3,(H,26,28)(H,25,27,29). The Morgan fingerprint density at radius 1 is 1.07 bits per heavy atom. The number of rotatable bonds is 5. The number of hydrogen-bond donors (Lipinski definition) is 2. The molecule has 0 aliphatic carbocycles. The van der Waals surface area contributed by atoms with Gasteiger partial charge in [-0.25, -0.2) is 4.98 Å². The van der Waals surface area contributed by atoms with Crippen LogP contribution in [-0.4, -0.2) is 16.8 Å². The first-order valence-electron chi connectivity index (χ1n) is 8.92. The summed E-state index contributed by atoms with van der Waals surface area (Å²) < 4.78 is 38.0. The van der Waals surface area contributed by atoms with Crippen molar-refractivity contribution in [3.8, 4) is 0 Å². The molecule has 30 heavy (non-hydrogen) atoms. The molecular formula is C21H18F3N3O2S. The highest BCUT2D eigenvalue weighted by atomic mass is 32.1. The second kappa shape index (κ2) is 8.66. The third-order valence-electron chi connectivity index (χ3n) is 4.24. The van der Waals surface area contributed by atoms with Gasteiger partial charge in [-0.3, -0.25) is 14.9 Å². The highest BCUT2D eigenvalue weighted by Crippen LogP contribution is 2.30. The largest absolute Gasteiger partial charge is 0.416 e. The normalized spacial score (nSPS) is 11.2. The van der Waals surface area contributed by atoms with Crippen LogP contribution in [0.15, 0.2) is 48.7 Å². The average molecular weight is 433 g/mol. The predicted octanol–water partition coefficient (Wildman–Crippen LogP) is 5.27. The molecule has 3 rings (SSSR count). The fraction of sp³-hybridized carbons (Fsp3) is 0.190. The molecule has 0 aliphatic rings. The van der Waals surface area contributed by atoms with Crippen molar-refractivity contribution in [2.75, 3.05) is 10.6 Å². The maximum Gasteiger partial charge on any atom is 0.416 e. The third-order valence-corrected chi connectivity index (χ3v) is 5.16. The topological polar surface area (TPSA) is 71.1 Å². The molecule has 156 valence electrons. The van der Waals surface area contributed by atoms with E-state index in [1.165, 1.54) is 30.4 Å². The number of halogens is 3. The number of carbonyl (C=O) groups is 2. The second-order valence-electron chi connectivity index (χ2n) is 6.67. The molecular weight excluding hydrogens is 415 g/mol. The Labute approximate surface area is 175 Å². The number of nitrogens with one attached hydrogen (secondary N) is 2. The minimum Gasteiger partial charge on any atom is -0.326 e. The van der Waals surface area contributed by atoms with Gasteiger partial charge >= 0.3 is 6.18 Å². The Bertz CT molecular complexity index is 1080. The van der Waals surface area contributed by atoms with Crippen LogP contribution in [0.2, 0.25) is 0 Å². The number of amides is 2. The van der Waals surface area contributed by atoms with E-state index >= 15 is 0 Å². The van der Waals surface area contributed by atoms with E-state index in [0.717, 1.165) is 22.6 Å². The van der Waals surface area contributed by atoms with Crippen LogP contribution in [0.1, 0.15) is 38.8 Å². The van der Waals surface area contributed by atoms with Crippen molar-refractivity contribution in [2.24, 2.45) is 0 Å². The molecule has 0 saturated carbocycles. The predicted molar refractivity (Wildman–Crippen MR) is 110 cm³/mol. The molecule has 0 radical (unpaired) electrons. The van der Waals surface area contributed by atoms with Gasteiger partial charge in [-0.05, 0) is 42.3 Å². The van der Waals surface area contributed by atoms with E-state index in [1.807, 2.05) is 6.92 Å². The second-order valence-corrected chi connectivity index (χ2v) is 7.78. The van der Waals surface area contributed by atoms with Crippen molar-refractivity contribution >= 4 is 34.0 Å². The van der Waals surface area contributed by atoms with Gasteiger partial charge in [0, 0.05) is 35.7 Å². The lowest BCUT2D eigenvalue weighted by atomic mass is 10.1. The Balaban J connectivity index is 1.67. The molecule has 0 fully saturated rings. The summed E-state index contributed by atoms with van der Waals surface area (Å²) in [6.07, 6.45) is -2.38. The van der Waals surface area contributed by atoms with Crippen molar-refractivity contribution in [2.45, 2.75) is 26.4 Å². The molecule has 9 heteroatoms. The van der Waals surface area contributed by atoms with E-state index in [0.29, 0.717) is 28.4 Å². The zero-order chi connectivity index (χ0) is 21.9. The highest BCUT2D eigenvalue weighted by molar-refractivity contribution is 7.15. The van der Waals surface area contributed by atoms with Crippen molar-refractivity contribution in [1.82, 2.24) is 4.98 Å². The molecule has 0 spiro atoms. The smallest absolute Gasteiger partial charge is 0.326 e. The van der Waals surface area contributed by atoms with Crippen LogP contribution < -0.4 is 10.6 Å². The minimum absolute atomic E-state index is 0.233. The van der Waals surface area contributed by atoms with Crippen LogP contribution in [0.5, 0.6) is 0 Å². The maximum absolute atomic E-state index is 12.7. The molecule has 2 aromatic carbocycles. The summed E-state index contributed by atoms with van der Waals surface area (Å²) in [5.41, 5.74) is 1.76. The number of alkyl halides is 3. The SMILES string of the molecule is CC(=O)Nc1cc(C(=O)Nc2ncc(Cc3ccc(C(F)(F)F)cc3)s2)ccc1C. The lowest BCUT2D eigenvalue weighted by molar-refractivity contribution is -0.137. The van der Waals surface area contributed by atoms with Gasteiger partial charge in [0.05, 0.1) is 5.56 Å². The fourth-order valence-electron chi connectivity index (χ4n) is 2.72. The number of aromatic nitrogens is 1. The Kier molecular flexibility index (Phi) is 6.21. The Hall–Kier alpha value is -3.20. The first-order valence-corrected chi connectivity index (χ1v) is 9.74. The number of anilines is 2. The zero-order valence-corrected chi connectivity index (χ0v) is 16.9. The molecule has 0 aliphatic heterocycles. The van der Waals surface area contributed by atoms with Gasteiger partial charge in [0.2, 0.25) is 5.91 Å². The molecule has 2 N–H and O–H groups in total. The van der Waals surface area contributed by atoms with E-state index < -0.39 is 11.7 Å². The lowest BCUT2D eigenvalue weighted by Gasteiger charge is -2.09. The van der Waals surface area contributed by atoms with E-state index in [4.69, 9.17) is 0 Å².